The summed E-state index contributed by atoms with van der Waals surface area (Å²) in [6, 6.07) is 10.6. The van der Waals surface area contributed by atoms with Gasteiger partial charge in [-0.2, -0.15) is 0 Å². The minimum absolute atomic E-state index is 0.503. The zero-order chi connectivity index (χ0) is 12.6. The van der Waals surface area contributed by atoms with Crippen LogP contribution in [0, 0.1) is 0 Å². The van der Waals surface area contributed by atoms with Crippen LogP contribution in [0.25, 0.3) is 0 Å². The number of benzene rings is 1. The molecule has 3 nitrogen and oxygen atoms in total. The van der Waals surface area contributed by atoms with Gasteiger partial charge in [0.2, 0.25) is 0 Å². The maximum atomic E-state index is 5.01. The van der Waals surface area contributed by atoms with Gasteiger partial charge >= 0.3 is 0 Å². The summed E-state index contributed by atoms with van der Waals surface area (Å²) in [4.78, 5) is 0. The first-order valence-electron chi connectivity index (χ1n) is 6.86. The van der Waals surface area contributed by atoms with Crippen LogP contribution < -0.4 is 5.32 Å². The van der Waals surface area contributed by atoms with Crippen LogP contribution in [-0.4, -0.2) is 38.5 Å². The Bertz CT molecular complexity index is 309. The molecule has 2 aliphatic heterocycles. The molecule has 100 valence electrons. The number of hydrogen-bond donors (Lipinski definition) is 1. The van der Waals surface area contributed by atoms with Gasteiger partial charge in [0.1, 0.15) is 0 Å². The van der Waals surface area contributed by atoms with Crippen molar-refractivity contribution in [3.63, 3.8) is 0 Å². The molecule has 1 N–H and O–H groups in total. The van der Waals surface area contributed by atoms with Crippen molar-refractivity contribution in [3.05, 3.63) is 35.9 Å². The second-order valence-electron chi connectivity index (χ2n) is 4.80. The summed E-state index contributed by atoms with van der Waals surface area (Å²) in [5.74, 6) is 0. The van der Waals surface area contributed by atoms with Gasteiger partial charge in [0.05, 0.1) is 25.4 Å². The van der Waals surface area contributed by atoms with Crippen molar-refractivity contribution in [2.45, 2.75) is 32.0 Å². The molecule has 3 rings (SSSR count). The van der Waals surface area contributed by atoms with Crippen molar-refractivity contribution < 1.29 is 9.47 Å². The van der Waals surface area contributed by atoms with E-state index in [1.807, 2.05) is 0 Å². The third-order valence-electron chi connectivity index (χ3n) is 2.93. The Kier molecular flexibility index (Phi) is 5.65. The fourth-order valence-electron chi connectivity index (χ4n) is 1.71. The molecule has 2 atom stereocenters. The topological polar surface area (TPSA) is 37.1 Å². The summed E-state index contributed by atoms with van der Waals surface area (Å²) in [7, 11) is 0. The fourth-order valence-corrected chi connectivity index (χ4v) is 1.71. The molecule has 3 heteroatoms. The number of hydrogen-bond acceptors (Lipinski definition) is 3. The van der Waals surface area contributed by atoms with Crippen molar-refractivity contribution in [1.82, 2.24) is 5.32 Å². The van der Waals surface area contributed by atoms with Gasteiger partial charge in [0, 0.05) is 13.1 Å². The molecule has 0 bridgehead atoms. The van der Waals surface area contributed by atoms with Crippen molar-refractivity contribution in [2.75, 3.05) is 26.3 Å². The van der Waals surface area contributed by atoms with Crippen LogP contribution in [0.4, 0.5) is 0 Å². The van der Waals surface area contributed by atoms with Crippen molar-refractivity contribution >= 4 is 0 Å². The second kappa shape index (κ2) is 7.52. The molecule has 1 aromatic rings. The van der Waals surface area contributed by atoms with E-state index in [-0.39, 0.29) is 0 Å². The van der Waals surface area contributed by atoms with E-state index in [9.17, 15) is 0 Å². The molecule has 0 saturated carbocycles. The highest BCUT2D eigenvalue weighted by atomic mass is 16.6. The summed E-state index contributed by atoms with van der Waals surface area (Å²) in [6.07, 6.45) is 3.46. The summed E-state index contributed by atoms with van der Waals surface area (Å²) < 4.78 is 10.0. The molecular weight excluding hydrogens is 226 g/mol. The number of nitrogens with one attached hydrogen (secondary N) is 1. The maximum absolute atomic E-state index is 5.01. The maximum Gasteiger partial charge on any atom is 0.0933 e. The lowest BCUT2D eigenvalue weighted by atomic mass is 10.1. The second-order valence-corrected chi connectivity index (χ2v) is 4.80. The molecule has 2 unspecified atom stereocenters. The van der Waals surface area contributed by atoms with Gasteiger partial charge in [-0.15, -0.1) is 0 Å². The van der Waals surface area contributed by atoms with E-state index < -0.39 is 0 Å². The first-order chi connectivity index (χ1) is 8.88. The third kappa shape index (κ3) is 6.15. The van der Waals surface area contributed by atoms with Gasteiger partial charge in [-0.3, -0.25) is 0 Å². The molecule has 0 radical (unpaired) electrons. The number of rotatable bonds is 6. The van der Waals surface area contributed by atoms with E-state index >= 15 is 0 Å². The first kappa shape index (κ1) is 13.5. The zero-order valence-electron chi connectivity index (χ0n) is 11.1. The van der Waals surface area contributed by atoms with Crippen LogP contribution in [0.1, 0.15) is 18.9 Å². The van der Waals surface area contributed by atoms with Crippen LogP contribution in [-0.2, 0) is 15.9 Å². The van der Waals surface area contributed by atoms with E-state index in [1.54, 1.807) is 0 Å². The van der Waals surface area contributed by atoms with Gasteiger partial charge in [-0.05, 0) is 12.0 Å². The fraction of sp³-hybridized carbons (Fsp3) is 0.600. The van der Waals surface area contributed by atoms with Gasteiger partial charge < -0.3 is 14.8 Å². The Morgan fingerprint density at radius 1 is 1.06 bits per heavy atom. The quantitative estimate of drug-likeness (QED) is 0.784. The normalized spacial score (nSPS) is 24.1. The number of epoxide rings is 2. The molecule has 2 heterocycles. The molecule has 2 fully saturated rings. The SMILES string of the molecule is C(NCC1CO1)C1CO1.CCCc1ccccc1. The summed E-state index contributed by atoms with van der Waals surface area (Å²) in [5.41, 5.74) is 1.44. The average molecular weight is 249 g/mol. The lowest BCUT2D eigenvalue weighted by molar-refractivity contribution is 0.373. The van der Waals surface area contributed by atoms with Crippen LogP contribution in [0.2, 0.25) is 0 Å². The van der Waals surface area contributed by atoms with Crippen LogP contribution in [0.5, 0.6) is 0 Å². The largest absolute Gasteiger partial charge is 0.372 e. The monoisotopic (exact) mass is 249 g/mol. The smallest absolute Gasteiger partial charge is 0.0933 e. The Balaban J connectivity index is 0.000000134. The lowest BCUT2D eigenvalue weighted by Gasteiger charge is -1.95. The predicted molar refractivity (Wildman–Crippen MR) is 72.8 cm³/mol. The molecule has 0 amide bonds. The Morgan fingerprint density at radius 2 is 1.61 bits per heavy atom. The summed E-state index contributed by atoms with van der Waals surface area (Å²) in [5, 5.41) is 3.26. The lowest BCUT2D eigenvalue weighted by Crippen LogP contribution is -2.24. The van der Waals surface area contributed by atoms with Gasteiger partial charge in [0.15, 0.2) is 0 Å². The Labute approximate surface area is 109 Å². The van der Waals surface area contributed by atoms with Crippen molar-refractivity contribution in [3.8, 4) is 0 Å². The summed E-state index contributed by atoms with van der Waals surface area (Å²) >= 11 is 0. The van der Waals surface area contributed by atoms with Crippen LogP contribution >= 0.6 is 0 Å². The molecule has 18 heavy (non-hydrogen) atoms. The minimum atomic E-state index is 0.503. The molecule has 0 aromatic heterocycles. The standard InChI is InChI=1S/C9H12.C6H11NO2/c1-2-6-9-7-4-3-5-8-9;1(5-3-8-5)7-2-6-4-9-6/h3-5,7-8H,2,6H2,1H3;5-7H,1-4H2. The molecule has 2 saturated heterocycles. The van der Waals surface area contributed by atoms with E-state index in [1.165, 1.54) is 18.4 Å². The van der Waals surface area contributed by atoms with Crippen LogP contribution in [0.3, 0.4) is 0 Å². The summed E-state index contributed by atoms with van der Waals surface area (Å²) in [6.45, 7) is 6.09. The molecule has 0 spiro atoms. The molecule has 0 aliphatic carbocycles. The Morgan fingerprint density at radius 3 is 2.06 bits per heavy atom. The predicted octanol–water partition coefficient (Wildman–Crippen LogP) is 2.01. The van der Waals surface area contributed by atoms with E-state index in [4.69, 9.17) is 9.47 Å². The highest BCUT2D eigenvalue weighted by Crippen LogP contribution is 2.09. The first-order valence-corrected chi connectivity index (χ1v) is 6.86. The van der Waals surface area contributed by atoms with Gasteiger partial charge in [-0.1, -0.05) is 43.7 Å². The van der Waals surface area contributed by atoms with Crippen molar-refractivity contribution in [2.24, 2.45) is 0 Å². The van der Waals surface area contributed by atoms with Crippen LogP contribution in [0.15, 0.2) is 30.3 Å². The average Bonchev–Trinajstić information content (AvgIpc) is 3.27. The number of aryl methyl sites for hydroxylation is 1. The van der Waals surface area contributed by atoms with Crippen molar-refractivity contribution in [1.29, 1.82) is 0 Å². The highest BCUT2D eigenvalue weighted by molar-refractivity contribution is 5.14. The molecule has 1 aromatic carbocycles. The van der Waals surface area contributed by atoms with E-state index in [2.05, 4.69) is 42.6 Å². The van der Waals surface area contributed by atoms with Gasteiger partial charge in [-0.25, -0.2) is 0 Å². The third-order valence-corrected chi connectivity index (χ3v) is 2.93. The molecular formula is C15H23NO2. The van der Waals surface area contributed by atoms with E-state index in [0.29, 0.717) is 12.2 Å². The van der Waals surface area contributed by atoms with Gasteiger partial charge in [0.25, 0.3) is 0 Å². The molecule has 2 aliphatic rings. The number of ether oxygens (including phenoxy) is 2. The highest BCUT2D eigenvalue weighted by Gasteiger charge is 2.25. The minimum Gasteiger partial charge on any atom is -0.372 e. The Hall–Kier alpha value is -0.900. The van der Waals surface area contributed by atoms with E-state index in [0.717, 1.165) is 26.3 Å². The zero-order valence-corrected chi connectivity index (χ0v) is 11.1.